The maximum Gasteiger partial charge on any atom is 0.250 e. The maximum atomic E-state index is 12.1. The third kappa shape index (κ3) is 4.88. The summed E-state index contributed by atoms with van der Waals surface area (Å²) in [6.45, 7) is 4.99. The van der Waals surface area contributed by atoms with Gasteiger partial charge in [-0.25, -0.2) is 13.1 Å². The van der Waals surface area contributed by atoms with E-state index in [1.54, 1.807) is 6.07 Å². The first-order valence-electron chi connectivity index (χ1n) is 6.53. The van der Waals surface area contributed by atoms with Crippen LogP contribution in [0, 0.1) is 0 Å². The third-order valence-electron chi connectivity index (χ3n) is 2.66. The van der Waals surface area contributed by atoms with E-state index in [2.05, 4.69) is 24.7 Å². The Morgan fingerprint density at radius 1 is 1.43 bits per heavy atom. The first-order valence-corrected chi connectivity index (χ1v) is 8.89. The lowest BCUT2D eigenvalue weighted by molar-refractivity contribution is 0.410. The average molecular weight is 330 g/mol. The Morgan fingerprint density at radius 2 is 2.24 bits per heavy atom. The van der Waals surface area contributed by atoms with Crippen LogP contribution in [0.3, 0.4) is 0 Å². The average Bonchev–Trinajstić information content (AvgIpc) is 3.07. The SMILES string of the molecule is CC(C)NCc1csc(S(=O)(=O)NCCc2ncon2)c1. The van der Waals surface area contributed by atoms with E-state index in [1.165, 1.54) is 17.7 Å². The highest BCUT2D eigenvalue weighted by Crippen LogP contribution is 2.20. The standard InChI is InChI=1S/C12H18N4O3S2/c1-9(2)13-6-10-5-12(20-7-10)21(17,18)15-4-3-11-14-8-19-16-11/h5,7-9,13,15H,3-4,6H2,1-2H3. The van der Waals surface area contributed by atoms with Gasteiger partial charge in [0, 0.05) is 25.6 Å². The minimum atomic E-state index is -3.48. The van der Waals surface area contributed by atoms with Gasteiger partial charge in [0.05, 0.1) is 0 Å². The topological polar surface area (TPSA) is 97.1 Å². The van der Waals surface area contributed by atoms with Crippen LogP contribution in [-0.4, -0.2) is 31.1 Å². The molecule has 2 heterocycles. The van der Waals surface area contributed by atoms with Gasteiger partial charge in [-0.05, 0) is 17.0 Å². The summed E-state index contributed by atoms with van der Waals surface area (Å²) in [5, 5.41) is 8.73. The molecule has 0 fully saturated rings. The van der Waals surface area contributed by atoms with Crippen LogP contribution in [-0.2, 0) is 23.0 Å². The maximum absolute atomic E-state index is 12.1. The van der Waals surface area contributed by atoms with E-state index in [0.717, 1.165) is 5.56 Å². The first kappa shape index (κ1) is 16.1. The summed E-state index contributed by atoms with van der Waals surface area (Å²) in [6.07, 6.45) is 1.61. The second-order valence-corrected chi connectivity index (χ2v) is 7.71. The molecule has 2 rings (SSSR count). The molecule has 2 aromatic rings. The van der Waals surface area contributed by atoms with Crippen LogP contribution in [0.2, 0.25) is 0 Å². The van der Waals surface area contributed by atoms with Crippen LogP contribution in [0.1, 0.15) is 25.2 Å². The molecule has 0 atom stereocenters. The van der Waals surface area contributed by atoms with Crippen molar-refractivity contribution in [3.8, 4) is 0 Å². The highest BCUT2D eigenvalue weighted by molar-refractivity contribution is 7.91. The Morgan fingerprint density at radius 3 is 2.90 bits per heavy atom. The Hall–Kier alpha value is -1.29. The lowest BCUT2D eigenvalue weighted by Gasteiger charge is -2.05. The first-order chi connectivity index (χ1) is 9.97. The van der Waals surface area contributed by atoms with Crippen molar-refractivity contribution in [3.63, 3.8) is 0 Å². The van der Waals surface area contributed by atoms with Crippen LogP contribution in [0.5, 0.6) is 0 Å². The second kappa shape index (κ2) is 7.12. The zero-order valence-corrected chi connectivity index (χ0v) is 13.5. The van der Waals surface area contributed by atoms with Crippen LogP contribution in [0.25, 0.3) is 0 Å². The monoisotopic (exact) mass is 330 g/mol. The molecule has 0 aliphatic heterocycles. The van der Waals surface area contributed by atoms with E-state index >= 15 is 0 Å². The van der Waals surface area contributed by atoms with Gasteiger partial charge in [-0.3, -0.25) is 0 Å². The van der Waals surface area contributed by atoms with Crippen molar-refractivity contribution >= 4 is 21.4 Å². The highest BCUT2D eigenvalue weighted by Gasteiger charge is 2.16. The van der Waals surface area contributed by atoms with Crippen molar-refractivity contribution in [2.24, 2.45) is 0 Å². The third-order valence-corrected chi connectivity index (χ3v) is 5.61. The Labute approximate surface area is 127 Å². The number of nitrogens with one attached hydrogen (secondary N) is 2. The summed E-state index contributed by atoms with van der Waals surface area (Å²) in [4.78, 5) is 3.84. The molecule has 0 bridgehead atoms. The van der Waals surface area contributed by atoms with Crippen LogP contribution < -0.4 is 10.0 Å². The predicted octanol–water partition coefficient (Wildman–Crippen LogP) is 1.15. The molecule has 0 aliphatic rings. The summed E-state index contributed by atoms with van der Waals surface area (Å²) < 4.78 is 31.7. The molecule has 2 N–H and O–H groups in total. The number of thiophene rings is 1. The van der Waals surface area contributed by atoms with Crippen LogP contribution in [0.15, 0.2) is 26.6 Å². The number of hydrogen-bond donors (Lipinski definition) is 2. The van der Waals surface area contributed by atoms with Gasteiger partial charge in [0.15, 0.2) is 5.82 Å². The minimum absolute atomic E-state index is 0.235. The molecular formula is C12H18N4O3S2. The summed E-state index contributed by atoms with van der Waals surface area (Å²) in [7, 11) is -3.48. The molecule has 21 heavy (non-hydrogen) atoms. The quantitative estimate of drug-likeness (QED) is 0.753. The molecule has 9 heteroatoms. The van der Waals surface area contributed by atoms with E-state index in [1.807, 2.05) is 19.2 Å². The van der Waals surface area contributed by atoms with Gasteiger partial charge >= 0.3 is 0 Å². The summed E-state index contributed by atoms with van der Waals surface area (Å²) >= 11 is 1.22. The normalized spacial score (nSPS) is 12.1. The molecule has 0 amide bonds. The molecule has 0 aliphatic carbocycles. The molecule has 0 saturated carbocycles. The Kier molecular flexibility index (Phi) is 5.45. The fraction of sp³-hybridized carbons (Fsp3) is 0.500. The number of aromatic nitrogens is 2. The lowest BCUT2D eigenvalue weighted by atomic mass is 10.3. The largest absolute Gasteiger partial charge is 0.343 e. The molecule has 0 spiro atoms. The lowest BCUT2D eigenvalue weighted by Crippen LogP contribution is -2.25. The number of hydrogen-bond acceptors (Lipinski definition) is 7. The molecule has 0 aromatic carbocycles. The van der Waals surface area contributed by atoms with Gasteiger partial charge in [-0.1, -0.05) is 19.0 Å². The molecule has 116 valence electrons. The van der Waals surface area contributed by atoms with Gasteiger partial charge in [-0.15, -0.1) is 11.3 Å². The fourth-order valence-corrected chi connectivity index (χ4v) is 3.87. The van der Waals surface area contributed by atoms with Crippen molar-refractivity contribution in [3.05, 3.63) is 29.2 Å². The van der Waals surface area contributed by atoms with Gasteiger partial charge < -0.3 is 9.84 Å². The van der Waals surface area contributed by atoms with E-state index in [4.69, 9.17) is 0 Å². The van der Waals surface area contributed by atoms with Crippen molar-refractivity contribution in [2.45, 2.75) is 37.1 Å². The van der Waals surface area contributed by atoms with Crippen molar-refractivity contribution in [1.82, 2.24) is 20.2 Å². The molecular weight excluding hydrogens is 312 g/mol. The molecule has 0 unspecified atom stereocenters. The molecule has 0 saturated heterocycles. The molecule has 0 radical (unpaired) electrons. The van der Waals surface area contributed by atoms with Gasteiger partial charge in [0.1, 0.15) is 4.21 Å². The van der Waals surface area contributed by atoms with Gasteiger partial charge in [-0.2, -0.15) is 4.98 Å². The van der Waals surface area contributed by atoms with Crippen molar-refractivity contribution < 1.29 is 12.9 Å². The summed E-state index contributed by atoms with van der Waals surface area (Å²) in [5.41, 5.74) is 0.965. The van der Waals surface area contributed by atoms with Crippen molar-refractivity contribution in [2.75, 3.05) is 6.54 Å². The Balaban J connectivity index is 1.89. The van der Waals surface area contributed by atoms with Crippen LogP contribution >= 0.6 is 11.3 Å². The number of rotatable bonds is 8. The van der Waals surface area contributed by atoms with Crippen LogP contribution in [0.4, 0.5) is 0 Å². The van der Waals surface area contributed by atoms with Crippen molar-refractivity contribution in [1.29, 1.82) is 0 Å². The number of nitrogens with zero attached hydrogens (tertiary/aromatic N) is 2. The van der Waals surface area contributed by atoms with Gasteiger partial charge in [0.2, 0.25) is 16.4 Å². The summed E-state index contributed by atoms with van der Waals surface area (Å²) in [6, 6.07) is 2.05. The molecule has 7 nitrogen and oxygen atoms in total. The minimum Gasteiger partial charge on any atom is -0.343 e. The molecule has 2 aromatic heterocycles. The predicted molar refractivity (Wildman–Crippen MR) is 79.5 cm³/mol. The van der Waals surface area contributed by atoms with E-state index < -0.39 is 10.0 Å². The highest BCUT2D eigenvalue weighted by atomic mass is 32.2. The Bertz CT molecular complexity index is 650. The number of sulfonamides is 1. The van der Waals surface area contributed by atoms with E-state index in [0.29, 0.717) is 29.0 Å². The van der Waals surface area contributed by atoms with E-state index in [9.17, 15) is 8.42 Å². The fourth-order valence-electron chi connectivity index (χ4n) is 1.58. The second-order valence-electron chi connectivity index (χ2n) is 4.80. The smallest absolute Gasteiger partial charge is 0.250 e. The van der Waals surface area contributed by atoms with Gasteiger partial charge in [0.25, 0.3) is 0 Å². The zero-order chi connectivity index (χ0) is 15.3. The zero-order valence-electron chi connectivity index (χ0n) is 11.9. The van der Waals surface area contributed by atoms with E-state index in [-0.39, 0.29) is 6.54 Å². The summed E-state index contributed by atoms with van der Waals surface area (Å²) in [5.74, 6) is 0.478.